The number of aromatic nitrogens is 4. The van der Waals surface area contributed by atoms with Crippen molar-refractivity contribution in [3.63, 3.8) is 0 Å². The first-order valence-electron chi connectivity index (χ1n) is 18.6. The highest BCUT2D eigenvalue weighted by Crippen LogP contribution is 2.22. The molecule has 4 aromatic rings. The van der Waals surface area contributed by atoms with E-state index in [4.69, 9.17) is 37.9 Å². The average molecular weight is 769 g/mol. The zero-order valence-electron chi connectivity index (χ0n) is 31.4. The molecule has 0 bridgehead atoms. The lowest BCUT2D eigenvalue weighted by atomic mass is 10.1. The van der Waals surface area contributed by atoms with Gasteiger partial charge < -0.3 is 37.9 Å². The first-order chi connectivity index (χ1) is 27.5. The molecule has 0 amide bonds. The molecule has 56 heavy (non-hydrogen) atoms. The number of benzene rings is 2. The van der Waals surface area contributed by atoms with Crippen molar-refractivity contribution >= 4 is 11.9 Å². The van der Waals surface area contributed by atoms with Gasteiger partial charge in [-0.05, 0) is 49.7 Å². The van der Waals surface area contributed by atoms with Gasteiger partial charge in [0.2, 0.25) is 12.6 Å². The molecular weight excluding hydrogens is 720 g/mol. The predicted octanol–water partition coefficient (Wildman–Crippen LogP) is 6.59. The normalized spacial score (nSPS) is 15.1. The minimum atomic E-state index is -0.690. The molecule has 5 rings (SSSR count). The fourth-order valence-corrected chi connectivity index (χ4v) is 5.28. The third-order valence-corrected chi connectivity index (χ3v) is 8.32. The van der Waals surface area contributed by atoms with Gasteiger partial charge in [-0.1, -0.05) is 61.7 Å². The van der Waals surface area contributed by atoms with Crippen molar-refractivity contribution in [3.05, 3.63) is 110 Å². The van der Waals surface area contributed by atoms with Crippen molar-refractivity contribution in [2.75, 3.05) is 39.6 Å². The third-order valence-electron chi connectivity index (χ3n) is 8.32. The second kappa shape index (κ2) is 23.4. The van der Waals surface area contributed by atoms with Gasteiger partial charge in [-0.15, -0.1) is 0 Å². The summed E-state index contributed by atoms with van der Waals surface area (Å²) in [5, 5.41) is 0. The van der Waals surface area contributed by atoms with Crippen molar-refractivity contribution in [1.29, 1.82) is 0 Å². The molecule has 0 radical (unpaired) electrons. The van der Waals surface area contributed by atoms with Crippen molar-refractivity contribution in [2.45, 2.75) is 64.3 Å². The largest absolute Gasteiger partial charge is 0.490 e. The molecule has 2 aromatic heterocycles. The van der Waals surface area contributed by atoms with Crippen LogP contribution in [0.1, 0.15) is 49.7 Å². The van der Waals surface area contributed by atoms with Crippen molar-refractivity contribution in [1.82, 2.24) is 19.9 Å². The van der Waals surface area contributed by atoms with Crippen molar-refractivity contribution < 1.29 is 47.5 Å². The summed E-state index contributed by atoms with van der Waals surface area (Å²) in [5.74, 6) is 1.54. The molecule has 14 nitrogen and oxygen atoms in total. The van der Waals surface area contributed by atoms with E-state index in [2.05, 4.69) is 33.1 Å². The first kappa shape index (κ1) is 41.6. The van der Waals surface area contributed by atoms with E-state index >= 15 is 0 Å². The number of ether oxygens (including phenoxy) is 8. The van der Waals surface area contributed by atoms with E-state index in [0.717, 1.165) is 72.9 Å². The van der Waals surface area contributed by atoms with Crippen LogP contribution in [0, 0.1) is 0 Å². The van der Waals surface area contributed by atoms with Crippen LogP contribution < -0.4 is 9.47 Å². The summed E-state index contributed by atoms with van der Waals surface area (Å²) in [7, 11) is 0. The molecule has 0 N–H and O–H groups in total. The van der Waals surface area contributed by atoms with Crippen LogP contribution in [-0.2, 0) is 51.2 Å². The lowest BCUT2D eigenvalue weighted by molar-refractivity contribution is -0.326. The molecule has 1 fully saturated rings. The van der Waals surface area contributed by atoms with Crippen molar-refractivity contribution in [3.8, 4) is 34.3 Å². The summed E-state index contributed by atoms with van der Waals surface area (Å²) in [6.45, 7) is 9.95. The zero-order chi connectivity index (χ0) is 39.2. The SMILES string of the molecule is C=CC(=O)OCCCCCOc1cnc(-c2ccc(COC3OCCOC3OCc3ccc(-c4ncc(OCCCCCOC(=O)C=C)cn4)cc3)cc2)nc1. The third kappa shape index (κ3) is 14.3. The number of hydrogen-bond donors (Lipinski definition) is 0. The van der Waals surface area contributed by atoms with Crippen LogP contribution in [0.5, 0.6) is 11.5 Å². The first-order valence-corrected chi connectivity index (χ1v) is 18.6. The van der Waals surface area contributed by atoms with E-state index in [1.165, 1.54) is 0 Å². The van der Waals surface area contributed by atoms with Gasteiger partial charge in [0.1, 0.15) is 0 Å². The van der Waals surface area contributed by atoms with Crippen LogP contribution in [0.15, 0.2) is 98.6 Å². The topological polar surface area (TPSA) is 160 Å². The predicted molar refractivity (Wildman–Crippen MR) is 205 cm³/mol. The molecule has 2 atom stereocenters. The van der Waals surface area contributed by atoms with Gasteiger partial charge >= 0.3 is 11.9 Å². The molecule has 0 spiro atoms. The minimum absolute atomic E-state index is 0.298. The van der Waals surface area contributed by atoms with Gasteiger partial charge in [-0.2, -0.15) is 0 Å². The Kier molecular flexibility index (Phi) is 17.4. The Morgan fingerprint density at radius 1 is 0.571 bits per heavy atom. The Balaban J connectivity index is 0.992. The van der Waals surface area contributed by atoms with Gasteiger partial charge in [-0.25, -0.2) is 29.5 Å². The maximum absolute atomic E-state index is 11.1. The van der Waals surface area contributed by atoms with Gasteiger partial charge in [0.25, 0.3) is 0 Å². The summed E-state index contributed by atoms with van der Waals surface area (Å²) in [6.07, 6.45) is 12.5. The van der Waals surface area contributed by atoms with Gasteiger partial charge in [0, 0.05) is 23.3 Å². The van der Waals surface area contributed by atoms with E-state index in [0.29, 0.717) is 76.0 Å². The Morgan fingerprint density at radius 2 is 0.946 bits per heavy atom. The summed E-state index contributed by atoms with van der Waals surface area (Å²) in [5.41, 5.74) is 3.61. The molecule has 14 heteroatoms. The Bertz CT molecular complexity index is 1660. The summed E-state index contributed by atoms with van der Waals surface area (Å²) < 4.78 is 45.2. The summed E-state index contributed by atoms with van der Waals surface area (Å²) in [4.78, 5) is 39.9. The minimum Gasteiger partial charge on any atom is -0.490 e. The number of carbonyl (C=O) groups excluding carboxylic acids is 2. The molecule has 2 unspecified atom stereocenters. The lowest BCUT2D eigenvalue weighted by Crippen LogP contribution is -2.41. The molecule has 1 aliphatic rings. The van der Waals surface area contributed by atoms with Crippen molar-refractivity contribution in [2.24, 2.45) is 0 Å². The number of rotatable bonds is 24. The molecule has 2 aromatic carbocycles. The summed E-state index contributed by atoms with van der Waals surface area (Å²) in [6, 6.07) is 15.6. The number of esters is 2. The molecule has 1 aliphatic heterocycles. The highest BCUT2D eigenvalue weighted by Gasteiger charge is 2.29. The monoisotopic (exact) mass is 768 g/mol. The quantitative estimate of drug-likeness (QED) is 0.0427. The highest BCUT2D eigenvalue weighted by atomic mass is 16.8. The Morgan fingerprint density at radius 3 is 1.32 bits per heavy atom. The Labute approximate surface area is 326 Å². The fraction of sp³-hybridized carbons (Fsp3) is 0.381. The smallest absolute Gasteiger partial charge is 0.330 e. The summed E-state index contributed by atoms with van der Waals surface area (Å²) >= 11 is 0. The van der Waals surface area contributed by atoms with Gasteiger partial charge in [-0.3, -0.25) is 0 Å². The number of carbonyl (C=O) groups is 2. The van der Waals surface area contributed by atoms with E-state index in [-0.39, 0.29) is 0 Å². The maximum Gasteiger partial charge on any atom is 0.330 e. The van der Waals surface area contributed by atoms with E-state index in [9.17, 15) is 9.59 Å². The second-order valence-electron chi connectivity index (χ2n) is 12.5. The maximum atomic E-state index is 11.1. The number of nitrogens with zero attached hydrogens (tertiary/aromatic N) is 4. The number of hydrogen-bond acceptors (Lipinski definition) is 14. The van der Waals surface area contributed by atoms with Gasteiger partial charge in [0.15, 0.2) is 23.1 Å². The molecule has 3 heterocycles. The number of unbranched alkanes of at least 4 members (excludes halogenated alkanes) is 4. The second-order valence-corrected chi connectivity index (χ2v) is 12.5. The molecular formula is C42H48N4O10. The van der Waals surface area contributed by atoms with E-state index < -0.39 is 24.5 Å². The fourth-order valence-electron chi connectivity index (χ4n) is 5.28. The average Bonchev–Trinajstić information content (AvgIpc) is 3.25. The molecule has 296 valence electrons. The zero-order valence-corrected chi connectivity index (χ0v) is 31.4. The van der Waals surface area contributed by atoms with Crippen LogP contribution in [0.4, 0.5) is 0 Å². The van der Waals surface area contributed by atoms with Crippen LogP contribution in [0.3, 0.4) is 0 Å². The molecule has 1 saturated heterocycles. The van der Waals surface area contributed by atoms with Crippen LogP contribution in [0.25, 0.3) is 22.8 Å². The standard InChI is InChI=1S/C42H48N4O10/c1-3-37(47)51-21-9-5-7-19-49-35-25-43-39(44-26-35)33-15-11-31(12-16-33)29-55-41-42(54-24-23-53-41)56-30-32-13-17-34(18-14-32)40-45-27-36(28-46-40)50-20-8-6-10-22-52-38(48)4-2/h3-4,11-18,25-28,41-42H,1-2,5-10,19-24,29-30H2. The lowest BCUT2D eigenvalue weighted by Gasteiger charge is -2.31. The molecule has 0 saturated carbocycles. The van der Waals surface area contributed by atoms with E-state index in [1.807, 2.05) is 48.5 Å². The molecule has 0 aliphatic carbocycles. The van der Waals surface area contributed by atoms with Crippen LogP contribution >= 0.6 is 0 Å². The Hall–Kier alpha value is -5.54. The van der Waals surface area contributed by atoms with E-state index in [1.54, 1.807) is 24.8 Å². The van der Waals surface area contributed by atoms with Crippen LogP contribution in [0.2, 0.25) is 0 Å². The van der Waals surface area contributed by atoms with Gasteiger partial charge in [0.05, 0.1) is 77.6 Å². The highest BCUT2D eigenvalue weighted by molar-refractivity contribution is 5.81. The van der Waals surface area contributed by atoms with Crippen LogP contribution in [-0.4, -0.2) is 84.1 Å².